The molecule has 0 radical (unpaired) electrons. The number of amides is 1. The third-order valence-electron chi connectivity index (χ3n) is 6.79. The Morgan fingerprint density at radius 2 is 1.70 bits per heavy atom. The Balaban J connectivity index is 1.23. The second-order valence-electron chi connectivity index (χ2n) is 9.03. The molecule has 2 saturated heterocycles. The van der Waals surface area contributed by atoms with E-state index in [0.29, 0.717) is 18.8 Å². The lowest BCUT2D eigenvalue weighted by Crippen LogP contribution is -2.61. The van der Waals surface area contributed by atoms with Crippen molar-refractivity contribution in [3.8, 4) is 0 Å². The van der Waals surface area contributed by atoms with Gasteiger partial charge >= 0.3 is 0 Å². The molecule has 3 fully saturated rings. The number of pyridine rings is 1. The van der Waals surface area contributed by atoms with Gasteiger partial charge in [0, 0.05) is 25.8 Å². The van der Waals surface area contributed by atoms with Gasteiger partial charge in [0.2, 0.25) is 0 Å². The zero-order valence-electron chi connectivity index (χ0n) is 17.2. The average molecular weight is 410 g/mol. The van der Waals surface area contributed by atoms with Crippen LogP contribution in [-0.2, 0) is 11.2 Å². The highest BCUT2D eigenvalue weighted by Gasteiger charge is 2.56. The molecular formula is C24H28FN3O2. The maximum atomic E-state index is 13.9. The number of halogens is 1. The number of carbonyl (C=O) groups excluding carboxylic acids is 1. The molecule has 0 unspecified atom stereocenters. The molecule has 0 N–H and O–H groups in total. The van der Waals surface area contributed by atoms with Crippen molar-refractivity contribution in [2.24, 2.45) is 0 Å². The Labute approximate surface area is 176 Å². The highest BCUT2D eigenvalue weighted by Crippen LogP contribution is 2.49. The Kier molecular flexibility index (Phi) is 5.07. The van der Waals surface area contributed by atoms with E-state index in [1.54, 1.807) is 18.3 Å². The molecule has 158 valence electrons. The maximum absolute atomic E-state index is 13.9. The van der Waals surface area contributed by atoms with Gasteiger partial charge in [-0.15, -0.1) is 0 Å². The molecule has 0 bridgehead atoms. The number of carbonyl (C=O) groups is 1. The molecule has 3 aliphatic rings. The Hall–Kier alpha value is -2.31. The largest absolute Gasteiger partial charge is 0.365 e. The van der Waals surface area contributed by atoms with Crippen molar-refractivity contribution in [2.75, 3.05) is 32.7 Å². The van der Waals surface area contributed by atoms with E-state index in [9.17, 15) is 9.18 Å². The van der Waals surface area contributed by atoms with E-state index in [1.807, 2.05) is 29.2 Å². The van der Waals surface area contributed by atoms with Crippen LogP contribution in [-0.4, -0.2) is 64.6 Å². The number of rotatable bonds is 4. The molecule has 0 atom stereocenters. The minimum absolute atomic E-state index is 0.00605. The van der Waals surface area contributed by atoms with Crippen LogP contribution in [0.2, 0.25) is 0 Å². The second kappa shape index (κ2) is 7.75. The Morgan fingerprint density at radius 1 is 1.00 bits per heavy atom. The molecule has 1 aromatic carbocycles. The number of aromatic nitrogens is 1. The molecule has 6 heteroatoms. The smallest absolute Gasteiger partial charge is 0.272 e. The summed E-state index contributed by atoms with van der Waals surface area (Å²) in [6.07, 6.45) is 6.24. The summed E-state index contributed by atoms with van der Waals surface area (Å²) in [6.45, 7) is 3.97. The fourth-order valence-electron chi connectivity index (χ4n) is 4.89. The lowest BCUT2D eigenvalue weighted by Gasteiger charge is -2.50. The van der Waals surface area contributed by atoms with E-state index < -0.39 is 0 Å². The summed E-state index contributed by atoms with van der Waals surface area (Å²) in [5, 5.41) is 0. The van der Waals surface area contributed by atoms with E-state index in [-0.39, 0.29) is 22.9 Å². The molecule has 1 aromatic heterocycles. The quantitative estimate of drug-likeness (QED) is 0.777. The van der Waals surface area contributed by atoms with Gasteiger partial charge in [-0.1, -0.05) is 24.3 Å². The van der Waals surface area contributed by atoms with E-state index in [4.69, 9.17) is 4.74 Å². The SMILES string of the molecule is O=C(c1ccccn1)N1CC2(CCN(CCc3ccccc3F)CC2)OC2(CC2)C1. The number of nitrogens with zero attached hydrogens (tertiary/aromatic N) is 3. The van der Waals surface area contributed by atoms with Crippen LogP contribution in [0.15, 0.2) is 48.7 Å². The predicted molar refractivity (Wildman–Crippen MR) is 112 cm³/mol. The first-order valence-corrected chi connectivity index (χ1v) is 10.9. The fraction of sp³-hybridized carbons (Fsp3) is 0.500. The topological polar surface area (TPSA) is 45.7 Å². The van der Waals surface area contributed by atoms with Crippen LogP contribution in [0, 0.1) is 5.82 Å². The van der Waals surface area contributed by atoms with Gasteiger partial charge in [0.1, 0.15) is 11.5 Å². The van der Waals surface area contributed by atoms with Crippen molar-refractivity contribution in [3.05, 3.63) is 65.7 Å². The van der Waals surface area contributed by atoms with Gasteiger partial charge in [-0.3, -0.25) is 9.78 Å². The van der Waals surface area contributed by atoms with Crippen LogP contribution < -0.4 is 0 Å². The third-order valence-corrected chi connectivity index (χ3v) is 6.79. The van der Waals surface area contributed by atoms with Crippen LogP contribution in [0.5, 0.6) is 0 Å². The van der Waals surface area contributed by atoms with Crippen molar-refractivity contribution >= 4 is 5.91 Å². The minimum atomic E-state index is -0.270. The van der Waals surface area contributed by atoms with Gasteiger partial charge in [-0.05, 0) is 55.9 Å². The molecule has 2 aromatic rings. The fourth-order valence-corrected chi connectivity index (χ4v) is 4.89. The van der Waals surface area contributed by atoms with Crippen LogP contribution in [0.25, 0.3) is 0 Å². The molecule has 1 aliphatic carbocycles. The molecule has 5 nitrogen and oxygen atoms in total. The molecule has 5 rings (SSSR count). The molecule has 3 heterocycles. The van der Waals surface area contributed by atoms with Gasteiger partial charge in [-0.2, -0.15) is 0 Å². The summed E-state index contributed by atoms with van der Waals surface area (Å²) in [5.74, 6) is -0.118. The lowest BCUT2D eigenvalue weighted by atomic mass is 9.87. The Bertz CT molecular complexity index is 908. The molecule has 2 spiro atoms. The standard InChI is InChI=1S/C24H28FN3O2/c25-20-6-2-1-5-19(20)8-14-27-15-11-24(12-16-27)18-28(17-23(30-24)9-10-23)22(29)21-7-3-4-13-26-21/h1-7,13H,8-12,14-18H2. The number of hydrogen-bond acceptors (Lipinski definition) is 4. The van der Waals surface area contributed by atoms with Crippen molar-refractivity contribution in [2.45, 2.75) is 43.3 Å². The zero-order chi connectivity index (χ0) is 20.6. The highest BCUT2D eigenvalue weighted by molar-refractivity contribution is 5.92. The highest BCUT2D eigenvalue weighted by atomic mass is 19.1. The average Bonchev–Trinajstić information content (AvgIpc) is 3.51. The first-order chi connectivity index (χ1) is 14.6. The monoisotopic (exact) mass is 409 g/mol. The number of likely N-dealkylation sites (tertiary alicyclic amines) is 1. The van der Waals surface area contributed by atoms with Crippen molar-refractivity contribution in [1.29, 1.82) is 0 Å². The van der Waals surface area contributed by atoms with Gasteiger partial charge in [0.05, 0.1) is 24.3 Å². The van der Waals surface area contributed by atoms with Crippen LogP contribution in [0.4, 0.5) is 4.39 Å². The van der Waals surface area contributed by atoms with Gasteiger partial charge in [-0.25, -0.2) is 4.39 Å². The summed E-state index contributed by atoms with van der Waals surface area (Å²) >= 11 is 0. The summed E-state index contributed by atoms with van der Waals surface area (Å²) in [7, 11) is 0. The first-order valence-electron chi connectivity index (χ1n) is 10.9. The van der Waals surface area contributed by atoms with Crippen molar-refractivity contribution in [3.63, 3.8) is 0 Å². The third kappa shape index (κ3) is 3.98. The number of ether oxygens (including phenoxy) is 1. The predicted octanol–water partition coefficient (Wildman–Crippen LogP) is 3.30. The number of benzene rings is 1. The van der Waals surface area contributed by atoms with E-state index in [2.05, 4.69) is 9.88 Å². The van der Waals surface area contributed by atoms with Gasteiger partial charge < -0.3 is 14.5 Å². The van der Waals surface area contributed by atoms with Gasteiger partial charge in [0.15, 0.2) is 0 Å². The van der Waals surface area contributed by atoms with E-state index in [1.165, 1.54) is 6.07 Å². The summed E-state index contributed by atoms with van der Waals surface area (Å²) in [5.41, 5.74) is 0.856. The number of piperidine rings is 1. The summed E-state index contributed by atoms with van der Waals surface area (Å²) < 4.78 is 20.6. The van der Waals surface area contributed by atoms with Crippen LogP contribution in [0.3, 0.4) is 0 Å². The maximum Gasteiger partial charge on any atom is 0.272 e. The normalized spacial score (nSPS) is 22.4. The molecule has 2 aliphatic heterocycles. The van der Waals surface area contributed by atoms with Crippen molar-refractivity contribution < 1.29 is 13.9 Å². The molecule has 30 heavy (non-hydrogen) atoms. The van der Waals surface area contributed by atoms with Crippen LogP contribution >= 0.6 is 0 Å². The molecule has 1 saturated carbocycles. The number of hydrogen-bond donors (Lipinski definition) is 0. The number of morpholine rings is 1. The van der Waals surface area contributed by atoms with Crippen molar-refractivity contribution in [1.82, 2.24) is 14.8 Å². The van der Waals surface area contributed by atoms with Gasteiger partial charge in [0.25, 0.3) is 5.91 Å². The molecule has 1 amide bonds. The zero-order valence-corrected chi connectivity index (χ0v) is 17.2. The summed E-state index contributed by atoms with van der Waals surface area (Å²) in [6, 6.07) is 12.5. The second-order valence-corrected chi connectivity index (χ2v) is 9.03. The van der Waals surface area contributed by atoms with E-state index in [0.717, 1.165) is 57.3 Å². The first kappa shape index (κ1) is 19.6. The Morgan fingerprint density at radius 3 is 2.37 bits per heavy atom. The minimum Gasteiger partial charge on any atom is -0.365 e. The summed E-state index contributed by atoms with van der Waals surface area (Å²) in [4.78, 5) is 21.7. The van der Waals surface area contributed by atoms with E-state index >= 15 is 0 Å². The molecular weight excluding hydrogens is 381 g/mol. The lowest BCUT2D eigenvalue weighted by molar-refractivity contribution is -0.179. The van der Waals surface area contributed by atoms with Crippen LogP contribution in [0.1, 0.15) is 41.7 Å².